The first-order valence-corrected chi connectivity index (χ1v) is 12.6. The minimum Gasteiger partial charge on any atom is -0.496 e. The number of benzene rings is 1. The summed E-state index contributed by atoms with van der Waals surface area (Å²) in [6, 6.07) is 5.79. The van der Waals surface area contributed by atoms with E-state index in [-0.39, 0.29) is 17.9 Å². The number of nitrogens with zero attached hydrogens (tertiary/aromatic N) is 3. The van der Waals surface area contributed by atoms with Gasteiger partial charge in [0.15, 0.2) is 0 Å². The molecule has 2 aromatic rings. The van der Waals surface area contributed by atoms with Crippen molar-refractivity contribution in [2.45, 2.75) is 63.6 Å². The minimum absolute atomic E-state index is 0.0662. The zero-order valence-corrected chi connectivity index (χ0v) is 20.6. The summed E-state index contributed by atoms with van der Waals surface area (Å²) in [7, 11) is 3.25. The van der Waals surface area contributed by atoms with Gasteiger partial charge in [0, 0.05) is 24.5 Å². The van der Waals surface area contributed by atoms with E-state index in [0.29, 0.717) is 30.3 Å². The Bertz CT molecular complexity index is 1080. The van der Waals surface area contributed by atoms with Gasteiger partial charge in [0.2, 0.25) is 5.91 Å². The molecule has 3 aliphatic rings. The van der Waals surface area contributed by atoms with Gasteiger partial charge >= 0.3 is 0 Å². The average Bonchev–Trinajstić information content (AvgIpc) is 3.60. The number of amides is 2. The summed E-state index contributed by atoms with van der Waals surface area (Å²) in [5.41, 5.74) is 0.376. The van der Waals surface area contributed by atoms with E-state index < -0.39 is 5.54 Å². The van der Waals surface area contributed by atoms with Crippen LogP contribution in [0.3, 0.4) is 0 Å². The van der Waals surface area contributed by atoms with Crippen LogP contribution in [0.25, 0.3) is 10.9 Å². The van der Waals surface area contributed by atoms with Gasteiger partial charge in [-0.25, -0.2) is 0 Å². The predicted octanol–water partition coefficient (Wildman–Crippen LogP) is 3.03. The molecule has 5 rings (SSSR count). The fourth-order valence-corrected chi connectivity index (χ4v) is 5.96. The van der Waals surface area contributed by atoms with Crippen LogP contribution in [0.4, 0.5) is 0 Å². The van der Waals surface area contributed by atoms with Crippen LogP contribution in [0.1, 0.15) is 55.9 Å². The number of hydrogen-bond donors (Lipinski definition) is 1. The second kappa shape index (κ2) is 9.13. The molecule has 1 saturated carbocycles. The lowest BCUT2D eigenvalue weighted by Crippen LogP contribution is -2.65. The molecule has 0 unspecified atom stereocenters. The van der Waals surface area contributed by atoms with Gasteiger partial charge in [-0.3, -0.25) is 9.59 Å². The fourth-order valence-electron chi connectivity index (χ4n) is 5.96. The number of methoxy groups -OCH3 is 2. The normalized spacial score (nSPS) is 23.5. The van der Waals surface area contributed by atoms with Gasteiger partial charge in [-0.1, -0.05) is 12.8 Å². The second-order valence-corrected chi connectivity index (χ2v) is 10.1. The molecule has 1 atom stereocenters. The Labute approximate surface area is 201 Å². The van der Waals surface area contributed by atoms with Crippen molar-refractivity contribution in [3.05, 3.63) is 23.9 Å². The Kier molecular flexibility index (Phi) is 6.18. The van der Waals surface area contributed by atoms with Crippen molar-refractivity contribution >= 4 is 22.7 Å². The van der Waals surface area contributed by atoms with Crippen molar-refractivity contribution in [1.82, 2.24) is 19.7 Å². The smallest absolute Gasteiger partial charge is 0.271 e. The highest BCUT2D eigenvalue weighted by molar-refractivity contribution is 6.06. The highest BCUT2D eigenvalue weighted by Gasteiger charge is 2.48. The topological polar surface area (TPSA) is 76.0 Å². The molecule has 1 saturated heterocycles. The first kappa shape index (κ1) is 23.0. The molecular weight excluding hydrogens is 432 g/mol. The molecule has 1 N–H and O–H groups in total. The Morgan fingerprint density at radius 2 is 1.74 bits per heavy atom. The van der Waals surface area contributed by atoms with Crippen molar-refractivity contribution in [3.8, 4) is 11.5 Å². The predicted molar refractivity (Wildman–Crippen MR) is 131 cm³/mol. The Morgan fingerprint density at radius 3 is 2.41 bits per heavy atom. The zero-order chi connectivity index (χ0) is 23.9. The molecule has 8 heteroatoms. The van der Waals surface area contributed by atoms with Crippen LogP contribution >= 0.6 is 0 Å². The maximum absolute atomic E-state index is 14.0. The molecule has 0 spiro atoms. The van der Waals surface area contributed by atoms with E-state index in [2.05, 4.69) is 10.2 Å². The van der Waals surface area contributed by atoms with Crippen LogP contribution in [-0.2, 0) is 11.3 Å². The molecule has 1 aromatic carbocycles. The van der Waals surface area contributed by atoms with Crippen LogP contribution in [-0.4, -0.2) is 78.2 Å². The minimum atomic E-state index is -0.994. The Hall–Kier alpha value is -2.74. The molecule has 8 nitrogen and oxygen atoms in total. The largest absolute Gasteiger partial charge is 0.496 e. The van der Waals surface area contributed by atoms with E-state index in [4.69, 9.17) is 9.47 Å². The molecule has 184 valence electrons. The van der Waals surface area contributed by atoms with Gasteiger partial charge in [-0.2, -0.15) is 0 Å². The highest BCUT2D eigenvalue weighted by atomic mass is 16.5. The standard InChI is InChI=1S/C26H36N4O4/c1-26(25(32)27-18-8-4-5-9-18)17-29-20(24(31)30(26)15-14-28-12-6-7-13-28)16-19-21(33-2)10-11-22(34-3)23(19)29/h10-11,16,18H,4-9,12-15,17H2,1-3H3,(H,27,32)/t26-/m1/s1. The van der Waals surface area contributed by atoms with Gasteiger partial charge < -0.3 is 29.2 Å². The van der Waals surface area contributed by atoms with Gasteiger partial charge in [0.05, 0.1) is 26.3 Å². The number of fused-ring (bicyclic) bond motifs is 3. The molecule has 2 aliphatic heterocycles. The van der Waals surface area contributed by atoms with E-state index in [1.165, 1.54) is 12.8 Å². The number of rotatable bonds is 7. The SMILES string of the molecule is COc1ccc(OC)c2c1cc1n2C[C@](C)(C(=O)NC2CCCC2)N(CCN2CCCC2)C1=O. The quantitative estimate of drug-likeness (QED) is 0.676. The highest BCUT2D eigenvalue weighted by Crippen LogP contribution is 2.40. The van der Waals surface area contributed by atoms with Crippen LogP contribution < -0.4 is 14.8 Å². The number of ether oxygens (including phenoxy) is 2. The number of carbonyl (C=O) groups is 2. The number of nitrogens with one attached hydrogen (secondary N) is 1. The van der Waals surface area contributed by atoms with E-state index in [9.17, 15) is 9.59 Å². The van der Waals surface area contributed by atoms with Crippen molar-refractivity contribution < 1.29 is 19.1 Å². The summed E-state index contributed by atoms with van der Waals surface area (Å²) in [5.74, 6) is 1.17. The third-order valence-corrected chi connectivity index (χ3v) is 7.97. The molecular formula is C26H36N4O4. The van der Waals surface area contributed by atoms with Gasteiger partial charge in [0.1, 0.15) is 22.7 Å². The molecule has 2 fully saturated rings. The summed E-state index contributed by atoms with van der Waals surface area (Å²) in [5, 5.41) is 4.10. The van der Waals surface area contributed by atoms with Crippen LogP contribution in [0, 0.1) is 0 Å². The number of aromatic nitrogens is 1. The zero-order valence-electron chi connectivity index (χ0n) is 20.6. The summed E-state index contributed by atoms with van der Waals surface area (Å²) in [4.78, 5) is 32.0. The Morgan fingerprint density at radius 1 is 1.06 bits per heavy atom. The summed E-state index contributed by atoms with van der Waals surface area (Å²) < 4.78 is 13.2. The lowest BCUT2D eigenvalue weighted by Gasteiger charge is -2.45. The van der Waals surface area contributed by atoms with Gasteiger partial charge in [0.25, 0.3) is 5.91 Å². The molecule has 34 heavy (non-hydrogen) atoms. The molecule has 0 radical (unpaired) electrons. The molecule has 2 amide bonds. The fraction of sp³-hybridized carbons (Fsp3) is 0.615. The van der Waals surface area contributed by atoms with Crippen LogP contribution in [0.5, 0.6) is 11.5 Å². The first-order chi connectivity index (χ1) is 16.5. The second-order valence-electron chi connectivity index (χ2n) is 10.1. The molecule has 3 heterocycles. The maximum atomic E-state index is 14.0. The summed E-state index contributed by atoms with van der Waals surface area (Å²) in [6.07, 6.45) is 6.69. The summed E-state index contributed by atoms with van der Waals surface area (Å²) in [6.45, 7) is 5.72. The lowest BCUT2D eigenvalue weighted by atomic mass is 9.94. The van der Waals surface area contributed by atoms with Crippen LogP contribution in [0.15, 0.2) is 18.2 Å². The lowest BCUT2D eigenvalue weighted by molar-refractivity contribution is -0.133. The number of carbonyl (C=O) groups excluding carboxylic acids is 2. The van der Waals surface area contributed by atoms with Gasteiger partial charge in [-0.05, 0) is 63.9 Å². The Balaban J connectivity index is 1.56. The molecule has 0 bridgehead atoms. The van der Waals surface area contributed by atoms with Crippen molar-refractivity contribution in [3.63, 3.8) is 0 Å². The molecule has 1 aromatic heterocycles. The van der Waals surface area contributed by atoms with Crippen molar-refractivity contribution in [2.75, 3.05) is 40.4 Å². The van der Waals surface area contributed by atoms with Gasteiger partial charge in [-0.15, -0.1) is 0 Å². The van der Waals surface area contributed by atoms with Crippen molar-refractivity contribution in [2.24, 2.45) is 0 Å². The molecule has 1 aliphatic carbocycles. The average molecular weight is 469 g/mol. The monoisotopic (exact) mass is 468 g/mol. The number of likely N-dealkylation sites (tertiary alicyclic amines) is 1. The van der Waals surface area contributed by atoms with Crippen molar-refractivity contribution in [1.29, 1.82) is 0 Å². The van der Waals surface area contributed by atoms with E-state index in [0.717, 1.165) is 56.2 Å². The first-order valence-electron chi connectivity index (χ1n) is 12.6. The third-order valence-electron chi connectivity index (χ3n) is 7.97. The van der Waals surface area contributed by atoms with E-state index in [1.807, 2.05) is 34.6 Å². The van der Waals surface area contributed by atoms with Crippen LogP contribution in [0.2, 0.25) is 0 Å². The third kappa shape index (κ3) is 3.82. The maximum Gasteiger partial charge on any atom is 0.271 e. The van der Waals surface area contributed by atoms with E-state index >= 15 is 0 Å². The summed E-state index contributed by atoms with van der Waals surface area (Å²) >= 11 is 0. The van der Waals surface area contributed by atoms with E-state index in [1.54, 1.807) is 14.2 Å². The number of hydrogen-bond acceptors (Lipinski definition) is 5.